The summed E-state index contributed by atoms with van der Waals surface area (Å²) < 4.78 is 2.42. The van der Waals surface area contributed by atoms with E-state index in [0.29, 0.717) is 0 Å². The van der Waals surface area contributed by atoms with Gasteiger partial charge in [0.25, 0.3) is 0 Å². The van der Waals surface area contributed by atoms with Crippen molar-refractivity contribution in [2.75, 3.05) is 0 Å². The minimum absolute atomic E-state index is 1.14. The molecule has 0 unspecified atom stereocenters. The van der Waals surface area contributed by atoms with Crippen LogP contribution in [0.15, 0.2) is 164 Å². The number of nitrogens with zero attached hydrogens (tertiary/aromatic N) is 1. The van der Waals surface area contributed by atoms with Gasteiger partial charge in [0.2, 0.25) is 0 Å². The third-order valence-electron chi connectivity index (χ3n) is 8.86. The Labute approximate surface area is 264 Å². The van der Waals surface area contributed by atoms with E-state index in [-0.39, 0.29) is 0 Å². The number of hydrogen-bond acceptors (Lipinski definition) is 0. The first-order valence-corrected chi connectivity index (χ1v) is 15.6. The number of benzene rings is 7. The third kappa shape index (κ3) is 4.74. The smallest absolute Gasteiger partial charge is 0.0535 e. The normalized spacial score (nSPS) is 11.3. The van der Waals surface area contributed by atoms with Crippen molar-refractivity contribution >= 4 is 21.5 Å². The van der Waals surface area contributed by atoms with E-state index in [0.717, 1.165) is 5.69 Å². The topological polar surface area (TPSA) is 4.93 Å². The molecule has 0 saturated heterocycles. The molecule has 0 amide bonds. The van der Waals surface area contributed by atoms with E-state index in [4.69, 9.17) is 0 Å². The quantitative estimate of drug-likeness (QED) is 0.180. The summed E-state index contributed by atoms with van der Waals surface area (Å²) in [7, 11) is 0. The summed E-state index contributed by atoms with van der Waals surface area (Å²) in [4.78, 5) is 0. The Morgan fingerprint density at radius 1 is 0.333 bits per heavy atom. The summed E-state index contributed by atoms with van der Waals surface area (Å²) in [6.07, 6.45) is 0. The number of aryl methyl sites for hydroxylation is 2. The second kappa shape index (κ2) is 11.1. The molecule has 45 heavy (non-hydrogen) atoms. The molecule has 1 heterocycles. The maximum atomic E-state index is 2.42. The lowest BCUT2D eigenvalue weighted by molar-refractivity contribution is 1.10. The van der Waals surface area contributed by atoms with Crippen LogP contribution in [0, 0.1) is 13.8 Å². The van der Waals surface area contributed by atoms with Crippen molar-refractivity contribution in [3.63, 3.8) is 0 Å². The Morgan fingerprint density at radius 2 is 0.778 bits per heavy atom. The molecule has 8 aromatic rings. The fourth-order valence-corrected chi connectivity index (χ4v) is 7.03. The van der Waals surface area contributed by atoms with Gasteiger partial charge >= 0.3 is 0 Å². The first-order valence-electron chi connectivity index (χ1n) is 15.6. The van der Waals surface area contributed by atoms with Crippen LogP contribution in [-0.2, 0) is 0 Å². The molecule has 0 N–H and O–H groups in total. The summed E-state index contributed by atoms with van der Waals surface area (Å²) in [6, 6.07) is 59.7. The Hall–Kier alpha value is -5.66. The predicted octanol–water partition coefficient (Wildman–Crippen LogP) is 12.1. The fraction of sp³-hybridized carbons (Fsp3) is 0.0455. The zero-order valence-corrected chi connectivity index (χ0v) is 25.5. The lowest BCUT2D eigenvalue weighted by Crippen LogP contribution is -2.00. The van der Waals surface area contributed by atoms with E-state index < -0.39 is 0 Å². The van der Waals surface area contributed by atoms with Crippen LogP contribution in [0.25, 0.3) is 72.0 Å². The molecule has 0 saturated carbocycles. The Bertz CT molecular complexity index is 2230. The first kappa shape index (κ1) is 26.9. The van der Waals surface area contributed by atoms with Gasteiger partial charge in [-0.15, -0.1) is 0 Å². The van der Waals surface area contributed by atoms with E-state index in [1.165, 1.54) is 77.4 Å². The van der Waals surface area contributed by atoms with Crippen LogP contribution in [0.1, 0.15) is 11.1 Å². The molecular formula is C44H33N. The lowest BCUT2D eigenvalue weighted by atomic mass is 9.85. The fourth-order valence-electron chi connectivity index (χ4n) is 7.03. The van der Waals surface area contributed by atoms with Gasteiger partial charge in [0, 0.05) is 5.69 Å². The maximum Gasteiger partial charge on any atom is 0.0535 e. The molecule has 1 aromatic heterocycles. The van der Waals surface area contributed by atoms with Crippen molar-refractivity contribution < 1.29 is 0 Å². The van der Waals surface area contributed by atoms with Crippen molar-refractivity contribution in [1.29, 1.82) is 0 Å². The van der Waals surface area contributed by atoms with Crippen LogP contribution in [0.4, 0.5) is 0 Å². The van der Waals surface area contributed by atoms with Crippen LogP contribution in [0.3, 0.4) is 0 Å². The van der Waals surface area contributed by atoms with Crippen molar-refractivity contribution in [3.05, 3.63) is 175 Å². The van der Waals surface area contributed by atoms with Crippen LogP contribution in [-0.4, -0.2) is 4.57 Å². The molecule has 7 aromatic carbocycles. The lowest BCUT2D eigenvalue weighted by Gasteiger charge is -2.21. The van der Waals surface area contributed by atoms with Gasteiger partial charge in [-0.3, -0.25) is 0 Å². The Balaban J connectivity index is 1.51. The minimum Gasteiger partial charge on any atom is -0.309 e. The molecule has 0 spiro atoms. The van der Waals surface area contributed by atoms with Gasteiger partial charge in [-0.25, -0.2) is 0 Å². The molecule has 8 rings (SSSR count). The molecule has 0 atom stereocenters. The van der Waals surface area contributed by atoms with E-state index in [2.05, 4.69) is 182 Å². The van der Waals surface area contributed by atoms with Crippen LogP contribution in [0.2, 0.25) is 0 Å². The van der Waals surface area contributed by atoms with E-state index in [1.54, 1.807) is 0 Å². The van der Waals surface area contributed by atoms with Crippen molar-refractivity contribution in [3.8, 4) is 50.5 Å². The second-order valence-electron chi connectivity index (χ2n) is 11.9. The summed E-state index contributed by atoms with van der Waals surface area (Å²) in [5.74, 6) is 0. The average molecular weight is 576 g/mol. The monoisotopic (exact) mass is 575 g/mol. The summed E-state index contributed by atoms with van der Waals surface area (Å²) in [5.41, 5.74) is 13.5. The number of hydrogen-bond donors (Lipinski definition) is 0. The molecule has 0 aliphatic carbocycles. The van der Waals surface area contributed by atoms with Crippen LogP contribution < -0.4 is 0 Å². The van der Waals surface area contributed by atoms with E-state index in [1.807, 2.05) is 0 Å². The number of rotatable bonds is 5. The highest BCUT2D eigenvalue weighted by atomic mass is 15.0. The van der Waals surface area contributed by atoms with Crippen molar-refractivity contribution in [2.24, 2.45) is 0 Å². The second-order valence-corrected chi connectivity index (χ2v) is 11.9. The van der Waals surface area contributed by atoms with Gasteiger partial charge in [0.05, 0.1) is 11.4 Å². The minimum atomic E-state index is 1.14. The van der Waals surface area contributed by atoms with E-state index in [9.17, 15) is 0 Å². The van der Waals surface area contributed by atoms with Gasteiger partial charge in [0.1, 0.15) is 0 Å². The zero-order chi connectivity index (χ0) is 30.3. The number of fused-ring (bicyclic) bond motifs is 2. The maximum absolute atomic E-state index is 2.42. The van der Waals surface area contributed by atoms with Gasteiger partial charge in [0.15, 0.2) is 0 Å². The van der Waals surface area contributed by atoms with Crippen molar-refractivity contribution in [1.82, 2.24) is 4.57 Å². The molecule has 0 fully saturated rings. The molecule has 0 aliphatic rings. The molecule has 0 aliphatic heterocycles. The highest BCUT2D eigenvalue weighted by Crippen LogP contribution is 2.45. The Kier molecular flexibility index (Phi) is 6.65. The van der Waals surface area contributed by atoms with Crippen LogP contribution >= 0.6 is 0 Å². The highest BCUT2D eigenvalue weighted by molar-refractivity contribution is 6.21. The first-order chi connectivity index (χ1) is 22.2. The number of aromatic nitrogens is 1. The zero-order valence-electron chi connectivity index (χ0n) is 25.5. The molecule has 1 heteroatoms. The average Bonchev–Trinajstić information content (AvgIpc) is 3.53. The molecular weight excluding hydrogens is 542 g/mol. The van der Waals surface area contributed by atoms with Crippen molar-refractivity contribution in [2.45, 2.75) is 13.8 Å². The van der Waals surface area contributed by atoms with E-state index >= 15 is 0 Å². The van der Waals surface area contributed by atoms with Gasteiger partial charge in [-0.05, 0) is 93.0 Å². The Morgan fingerprint density at radius 3 is 1.31 bits per heavy atom. The van der Waals surface area contributed by atoms with Gasteiger partial charge in [-0.2, -0.15) is 0 Å². The molecule has 0 radical (unpaired) electrons. The molecule has 214 valence electrons. The standard InChI is InChI=1S/C44H33N/c1-30-26-31(2)28-35(27-30)44-38-21-13-12-20-37(38)43(34-18-10-5-11-19-34)39-23-22-36(29-40(39)44)45-41(32-14-6-3-7-15-32)24-25-42(45)33-16-8-4-9-17-33/h3-29H,1-2H3. The van der Waals surface area contributed by atoms with Gasteiger partial charge in [-0.1, -0.05) is 151 Å². The van der Waals surface area contributed by atoms with Gasteiger partial charge < -0.3 is 4.57 Å². The summed E-state index contributed by atoms with van der Waals surface area (Å²) >= 11 is 0. The summed E-state index contributed by atoms with van der Waals surface area (Å²) in [6.45, 7) is 4.39. The third-order valence-corrected chi connectivity index (χ3v) is 8.86. The SMILES string of the molecule is Cc1cc(C)cc(-c2c3ccccc3c(-c3ccccc3)c3ccc(-n4c(-c5ccccc5)ccc4-c4ccccc4)cc23)c1. The summed E-state index contributed by atoms with van der Waals surface area (Å²) in [5, 5.41) is 5.05. The predicted molar refractivity (Wildman–Crippen MR) is 192 cm³/mol. The van der Waals surface area contributed by atoms with Crippen LogP contribution in [0.5, 0.6) is 0 Å². The largest absolute Gasteiger partial charge is 0.309 e. The molecule has 1 nitrogen and oxygen atoms in total. The highest BCUT2D eigenvalue weighted by Gasteiger charge is 2.20. The molecule has 0 bridgehead atoms.